The predicted octanol–water partition coefficient (Wildman–Crippen LogP) is -3.33. The van der Waals surface area contributed by atoms with Crippen molar-refractivity contribution in [3.8, 4) is 0 Å². The molecule has 2 amide bonds. The zero-order valence-corrected chi connectivity index (χ0v) is 47.2. The first-order chi connectivity index (χ1) is 29.5. The third-order valence-electron chi connectivity index (χ3n) is 9.58. The Morgan fingerprint density at radius 3 is 1.13 bits per heavy atom. The Morgan fingerprint density at radius 2 is 0.845 bits per heavy atom. The molecule has 4 radical (unpaired) electrons. The van der Waals surface area contributed by atoms with Crippen LogP contribution in [0.2, 0.25) is 0 Å². The number of aromatic nitrogens is 6. The fourth-order valence-corrected chi connectivity index (χ4v) is 6.37. The molecule has 0 saturated heterocycles. The molecule has 0 aliphatic rings. The van der Waals surface area contributed by atoms with Crippen LogP contribution in [0.1, 0.15) is 74.4 Å². The molecule has 0 aliphatic heterocycles. The second kappa shape index (κ2) is 35.6. The van der Waals surface area contributed by atoms with Gasteiger partial charge in [-0.15, -0.1) is 0 Å². The Bertz CT molecular complexity index is 2610. The number of hydrogen-bond acceptors (Lipinski definition) is 12. The van der Waals surface area contributed by atoms with Crippen molar-refractivity contribution >= 4 is 188 Å². The van der Waals surface area contributed by atoms with Gasteiger partial charge < -0.3 is 79.9 Å². The van der Waals surface area contributed by atoms with Crippen LogP contribution < -0.4 is 33.2 Å². The van der Waals surface area contributed by atoms with Crippen molar-refractivity contribution in [3.63, 3.8) is 0 Å². The molecule has 6 aromatic rings. The maximum absolute atomic E-state index is 12.3. The summed E-state index contributed by atoms with van der Waals surface area (Å²) in [6.45, 7) is 0. The summed E-state index contributed by atoms with van der Waals surface area (Å²) in [5.41, 5.74) is 15.2. The molecule has 376 valence electrons. The fourth-order valence-electron chi connectivity index (χ4n) is 6.37. The molecule has 4 aromatic heterocycles. The average Bonchev–Trinajstić information content (AvgIpc) is 3.83. The fraction of sp³-hybridized carbons (Fsp3) is 0.250. The van der Waals surface area contributed by atoms with E-state index in [1.807, 2.05) is 0 Å². The summed E-state index contributed by atoms with van der Waals surface area (Å²) in [5, 5.41) is 41.3. The second-order valence-corrected chi connectivity index (χ2v) is 14.0. The minimum Gasteiger partial charge on any atom is -0.481 e. The number of carbonyl (C=O) groups is 6. The van der Waals surface area contributed by atoms with E-state index in [4.69, 9.17) is 31.9 Å². The van der Waals surface area contributed by atoms with Gasteiger partial charge in [-0.05, 0) is 85.0 Å². The Labute approximate surface area is 495 Å². The molecule has 2 unspecified atom stereocenters. The van der Waals surface area contributed by atoms with Gasteiger partial charge in [0.05, 0.1) is 10.8 Å². The van der Waals surface area contributed by atoms with Crippen LogP contribution in [-0.2, 0) is 44.9 Å². The second-order valence-electron chi connectivity index (χ2n) is 14.0. The van der Waals surface area contributed by atoms with Gasteiger partial charge in [-0.3, -0.25) is 38.7 Å². The Balaban J connectivity index is -0.000000141. The number of carboxylic acids is 4. The number of aryl methyl sites for hydroxylation is 4. The zero-order valence-electron chi connectivity index (χ0n) is 39.2. The Morgan fingerprint density at radius 1 is 0.535 bits per heavy atom. The van der Waals surface area contributed by atoms with Crippen molar-refractivity contribution in [1.29, 1.82) is 0 Å². The summed E-state index contributed by atoms with van der Waals surface area (Å²) in [4.78, 5) is 111. The Hall–Kier alpha value is -4.50. The van der Waals surface area contributed by atoms with E-state index in [0.29, 0.717) is 47.8 Å². The van der Waals surface area contributed by atoms with Crippen molar-refractivity contribution in [2.24, 2.45) is 0 Å². The molecular formula is C40H60N10Na4O17. The van der Waals surface area contributed by atoms with Gasteiger partial charge >= 0.3 is 23.9 Å². The van der Waals surface area contributed by atoms with E-state index in [-0.39, 0.29) is 211 Å². The number of nitrogen functional groups attached to an aromatic ring is 2. The molecule has 0 bridgehead atoms. The Kier molecular flexibility index (Phi) is 37.8. The average molecular weight is 1040 g/mol. The number of carboxylic acid groups (broad SMARTS) is 4. The topological polar surface area (TPSA) is 540 Å². The largest absolute Gasteiger partial charge is 0.481 e. The van der Waals surface area contributed by atoms with Crippen LogP contribution in [0, 0.1) is 0 Å². The van der Waals surface area contributed by atoms with E-state index in [9.17, 15) is 38.4 Å². The normalized spacial score (nSPS) is 10.4. The van der Waals surface area contributed by atoms with Crippen LogP contribution in [-0.4, -0.2) is 244 Å². The first kappa shape index (κ1) is 75.4. The molecule has 31 heteroatoms. The molecule has 0 saturated carbocycles. The number of carbonyl (C=O) groups excluding carboxylic acids is 2. The number of hydrogen-bond donors (Lipinski definition) is 12. The maximum Gasteiger partial charge on any atom is 0.326 e. The summed E-state index contributed by atoms with van der Waals surface area (Å²) < 4.78 is 0. The van der Waals surface area contributed by atoms with Gasteiger partial charge in [0, 0.05) is 160 Å². The number of anilines is 2. The number of nitrogens with zero attached hydrogens (tertiary/aromatic N) is 2. The smallest absolute Gasteiger partial charge is 0.326 e. The van der Waals surface area contributed by atoms with Crippen LogP contribution in [0.5, 0.6) is 0 Å². The number of H-pyrrole nitrogens is 4. The van der Waals surface area contributed by atoms with Crippen molar-refractivity contribution < 1.29 is 82.3 Å². The van der Waals surface area contributed by atoms with Gasteiger partial charge in [0.2, 0.25) is 11.9 Å². The van der Waals surface area contributed by atoms with E-state index >= 15 is 0 Å². The molecule has 2 aromatic carbocycles. The molecule has 71 heavy (non-hydrogen) atoms. The number of nitrogens with two attached hydrogens (primary N) is 2. The van der Waals surface area contributed by atoms with E-state index in [0.717, 1.165) is 22.3 Å². The van der Waals surface area contributed by atoms with Crippen molar-refractivity contribution in [1.82, 2.24) is 40.5 Å². The molecule has 27 nitrogen and oxygen atoms in total. The molecule has 0 spiro atoms. The maximum atomic E-state index is 12.3. The molecule has 2 atom stereocenters. The van der Waals surface area contributed by atoms with Crippen LogP contribution in [0.25, 0.3) is 22.1 Å². The summed E-state index contributed by atoms with van der Waals surface area (Å²) in [7, 11) is 0. The van der Waals surface area contributed by atoms with E-state index in [1.165, 1.54) is 0 Å². The number of fused-ring (bicyclic) bond motifs is 2. The number of aliphatic carboxylic acids is 4. The van der Waals surface area contributed by atoms with Gasteiger partial charge in [-0.1, -0.05) is 24.3 Å². The minimum absolute atomic E-state index is 0. The van der Waals surface area contributed by atoms with Gasteiger partial charge in [0.25, 0.3) is 22.9 Å². The third kappa shape index (κ3) is 22.0. The summed E-state index contributed by atoms with van der Waals surface area (Å²) in [6, 6.07) is 10.6. The monoisotopic (exact) mass is 1040 g/mol. The van der Waals surface area contributed by atoms with Gasteiger partial charge in [0.15, 0.2) is 0 Å². The molecule has 0 aliphatic carbocycles. The molecular weight excluding hydrogens is 984 g/mol. The van der Waals surface area contributed by atoms with Crippen molar-refractivity contribution in [2.45, 2.75) is 63.5 Å². The molecule has 24 N–H and O–H groups in total. The van der Waals surface area contributed by atoms with E-state index < -0.39 is 47.8 Å². The number of amides is 2. The van der Waals surface area contributed by atoms with Gasteiger partial charge in [-0.25, -0.2) is 9.59 Å². The summed E-state index contributed by atoms with van der Waals surface area (Å²) in [5.74, 6) is -6.00. The van der Waals surface area contributed by atoms with Crippen LogP contribution >= 0.6 is 0 Å². The van der Waals surface area contributed by atoms with Crippen LogP contribution in [0.3, 0.4) is 0 Å². The quantitative estimate of drug-likeness (QED) is 0.0375. The number of nitrogens with one attached hydrogen (secondary N) is 6. The number of benzene rings is 2. The van der Waals surface area contributed by atoms with Crippen LogP contribution in [0.4, 0.5) is 11.9 Å². The molecule has 0 fully saturated rings. The van der Waals surface area contributed by atoms with Gasteiger partial charge in [-0.2, -0.15) is 9.97 Å². The standard InChI is InChI=1S/2C20H21N5O6.4Na.5H2O.4H2/c2*21-20-24-16-15(18(29)25-20)12(9-22-16)6-3-10-1-4-11(5-2-10)17(28)23-13(19(30)31)7-8-14(26)27;;;;;;;;;;;;;/h2*1-2,4-5,9,13H,3,6-8H2,(H,23,28)(H,26,27)(H,30,31)(H4,21,22,24,25,29);;;;;5*1H2;4*1H. The van der Waals surface area contributed by atoms with Crippen molar-refractivity contribution in [3.05, 3.63) is 115 Å². The predicted molar refractivity (Wildman–Crippen MR) is 271 cm³/mol. The number of rotatable bonds is 18. The molecule has 6 rings (SSSR count). The first-order valence-corrected chi connectivity index (χ1v) is 18.9. The number of aromatic amines is 4. The summed E-state index contributed by atoms with van der Waals surface area (Å²) >= 11 is 0. The molecule has 4 heterocycles. The summed E-state index contributed by atoms with van der Waals surface area (Å²) in [6.07, 6.45) is 4.55. The van der Waals surface area contributed by atoms with E-state index in [1.54, 1.807) is 60.9 Å². The minimum atomic E-state index is -1.30. The van der Waals surface area contributed by atoms with Crippen LogP contribution in [0.15, 0.2) is 70.5 Å². The van der Waals surface area contributed by atoms with Crippen molar-refractivity contribution in [2.75, 3.05) is 11.5 Å². The third-order valence-corrected chi connectivity index (χ3v) is 9.58. The SMILES string of the molecule is Nc1nc2[nH]cc(CCc3ccc(C(=O)NC(CCC(=O)O)C(=O)O)cc3)c2c(=O)[nH]1.Nc1nc2[nH]cc(CCc3ccc(C(=O)NC(CCC(=O)O)C(=O)O)cc3)c2c(=O)[nH]1.O.O.O.O.O.[HH].[HH].[HH].[HH].[Na].[Na].[Na].[Na]. The zero-order chi connectivity index (χ0) is 45.1. The van der Waals surface area contributed by atoms with E-state index in [2.05, 4.69) is 40.5 Å². The first-order valence-electron chi connectivity index (χ1n) is 18.9. The van der Waals surface area contributed by atoms with Gasteiger partial charge in [0.1, 0.15) is 23.4 Å².